The van der Waals surface area contributed by atoms with E-state index in [-0.39, 0.29) is 0 Å². The Balaban J connectivity index is 1.70. The summed E-state index contributed by atoms with van der Waals surface area (Å²) in [5.41, 5.74) is 1.09. The van der Waals surface area contributed by atoms with E-state index in [4.69, 9.17) is 0 Å². The molecule has 2 aliphatic carbocycles. The van der Waals surface area contributed by atoms with Gasteiger partial charge in [0.2, 0.25) is 0 Å². The van der Waals surface area contributed by atoms with Crippen molar-refractivity contribution in [3.63, 3.8) is 0 Å². The zero-order chi connectivity index (χ0) is 13.7. The maximum absolute atomic E-state index is 3.82. The first-order valence-electron chi connectivity index (χ1n) is 8.47. The zero-order valence-electron chi connectivity index (χ0n) is 13.3. The molecule has 1 heterocycles. The Bertz CT molecular complexity index is 330. The maximum atomic E-state index is 3.82. The first-order valence-corrected chi connectivity index (χ1v) is 8.47. The molecule has 19 heavy (non-hydrogen) atoms. The van der Waals surface area contributed by atoms with Crippen molar-refractivity contribution in [1.82, 2.24) is 10.2 Å². The molecule has 0 amide bonds. The summed E-state index contributed by atoms with van der Waals surface area (Å²) in [5, 5.41) is 3.82. The predicted molar refractivity (Wildman–Crippen MR) is 81.3 cm³/mol. The van der Waals surface area contributed by atoms with Crippen LogP contribution in [0.2, 0.25) is 0 Å². The fourth-order valence-electron chi connectivity index (χ4n) is 4.12. The van der Waals surface area contributed by atoms with Gasteiger partial charge in [-0.05, 0) is 56.3 Å². The van der Waals surface area contributed by atoms with Crippen molar-refractivity contribution >= 4 is 0 Å². The lowest BCUT2D eigenvalue weighted by atomic mass is 9.88. The van der Waals surface area contributed by atoms with Crippen LogP contribution in [0.15, 0.2) is 0 Å². The van der Waals surface area contributed by atoms with Gasteiger partial charge in [-0.25, -0.2) is 0 Å². The van der Waals surface area contributed by atoms with Gasteiger partial charge in [0.25, 0.3) is 0 Å². The molecule has 0 aromatic rings. The van der Waals surface area contributed by atoms with E-state index >= 15 is 0 Å². The Morgan fingerprint density at radius 3 is 2.42 bits per heavy atom. The van der Waals surface area contributed by atoms with Crippen molar-refractivity contribution in [2.24, 2.45) is 17.3 Å². The lowest BCUT2D eigenvalue weighted by Crippen LogP contribution is -2.64. The molecule has 0 radical (unpaired) electrons. The number of hydrogen-bond donors (Lipinski definition) is 1. The van der Waals surface area contributed by atoms with Gasteiger partial charge in [0.05, 0.1) is 0 Å². The van der Waals surface area contributed by atoms with E-state index < -0.39 is 0 Å². The molecular formula is C17H32N2. The molecular weight excluding hydrogens is 232 g/mol. The Labute approximate surface area is 119 Å². The van der Waals surface area contributed by atoms with Crippen LogP contribution >= 0.6 is 0 Å². The molecule has 2 saturated carbocycles. The minimum atomic E-state index is 0.338. The van der Waals surface area contributed by atoms with Gasteiger partial charge in [-0.1, -0.05) is 20.8 Å². The van der Waals surface area contributed by atoms with Gasteiger partial charge >= 0.3 is 0 Å². The van der Waals surface area contributed by atoms with Crippen molar-refractivity contribution < 1.29 is 0 Å². The van der Waals surface area contributed by atoms with Crippen molar-refractivity contribution in [3.8, 4) is 0 Å². The molecule has 2 unspecified atom stereocenters. The van der Waals surface area contributed by atoms with Gasteiger partial charge in [0.15, 0.2) is 0 Å². The van der Waals surface area contributed by atoms with E-state index in [1.807, 2.05) is 0 Å². The van der Waals surface area contributed by atoms with Crippen LogP contribution in [0.3, 0.4) is 0 Å². The highest BCUT2D eigenvalue weighted by molar-refractivity contribution is 5.07. The summed E-state index contributed by atoms with van der Waals surface area (Å²) < 4.78 is 0. The summed E-state index contributed by atoms with van der Waals surface area (Å²) in [6.45, 7) is 13.3. The summed E-state index contributed by atoms with van der Waals surface area (Å²) in [7, 11) is 0. The highest BCUT2D eigenvalue weighted by Crippen LogP contribution is 2.61. The molecule has 2 heteroatoms. The Morgan fingerprint density at radius 2 is 1.95 bits per heavy atom. The zero-order valence-corrected chi connectivity index (χ0v) is 13.3. The summed E-state index contributed by atoms with van der Waals surface area (Å²) in [6.07, 6.45) is 7.29. The molecule has 1 saturated heterocycles. The molecule has 1 aliphatic heterocycles. The molecule has 0 aromatic heterocycles. The lowest BCUT2D eigenvalue weighted by molar-refractivity contribution is 0.0396. The molecule has 3 fully saturated rings. The van der Waals surface area contributed by atoms with Crippen molar-refractivity contribution in [1.29, 1.82) is 0 Å². The number of piperazine rings is 1. The summed E-state index contributed by atoms with van der Waals surface area (Å²) in [6, 6.07) is 0.746. The Kier molecular flexibility index (Phi) is 3.46. The van der Waals surface area contributed by atoms with E-state index in [9.17, 15) is 0 Å². The fourth-order valence-corrected chi connectivity index (χ4v) is 4.12. The minimum Gasteiger partial charge on any atom is -0.309 e. The topological polar surface area (TPSA) is 15.3 Å². The Morgan fingerprint density at radius 1 is 1.26 bits per heavy atom. The molecule has 1 N–H and O–H groups in total. The molecule has 0 bridgehead atoms. The molecule has 2 atom stereocenters. The summed E-state index contributed by atoms with van der Waals surface area (Å²) >= 11 is 0. The second-order valence-electron chi connectivity index (χ2n) is 8.15. The maximum Gasteiger partial charge on any atom is 0.0278 e. The van der Waals surface area contributed by atoms with Crippen LogP contribution in [0.1, 0.15) is 59.8 Å². The smallest absolute Gasteiger partial charge is 0.0278 e. The highest BCUT2D eigenvalue weighted by Gasteiger charge is 2.55. The minimum absolute atomic E-state index is 0.338. The van der Waals surface area contributed by atoms with E-state index in [1.54, 1.807) is 0 Å². The van der Waals surface area contributed by atoms with E-state index in [0.29, 0.717) is 5.54 Å². The van der Waals surface area contributed by atoms with Crippen molar-refractivity contribution in [2.75, 3.05) is 19.6 Å². The van der Waals surface area contributed by atoms with Gasteiger partial charge in [0.1, 0.15) is 0 Å². The van der Waals surface area contributed by atoms with Crippen LogP contribution in [0, 0.1) is 17.3 Å². The third kappa shape index (κ3) is 2.71. The summed E-state index contributed by atoms with van der Waals surface area (Å²) in [5.74, 6) is 1.85. The van der Waals surface area contributed by atoms with Gasteiger partial charge < -0.3 is 5.32 Å². The monoisotopic (exact) mass is 264 g/mol. The molecule has 110 valence electrons. The third-order valence-corrected chi connectivity index (χ3v) is 6.16. The summed E-state index contributed by atoms with van der Waals surface area (Å²) in [4.78, 5) is 2.86. The van der Waals surface area contributed by atoms with Gasteiger partial charge in [-0.3, -0.25) is 4.90 Å². The average molecular weight is 264 g/mol. The molecule has 0 aromatic carbocycles. The number of nitrogens with one attached hydrogen (secondary N) is 1. The number of rotatable bonds is 5. The van der Waals surface area contributed by atoms with Gasteiger partial charge in [0, 0.05) is 31.2 Å². The Hall–Kier alpha value is -0.0800. The van der Waals surface area contributed by atoms with Crippen LogP contribution in [0.25, 0.3) is 0 Å². The second kappa shape index (κ2) is 4.73. The highest BCUT2D eigenvalue weighted by atomic mass is 15.3. The quantitative estimate of drug-likeness (QED) is 0.820. The van der Waals surface area contributed by atoms with Crippen LogP contribution in [0.4, 0.5) is 0 Å². The first kappa shape index (κ1) is 13.9. The average Bonchev–Trinajstić information content (AvgIpc) is 3.22. The van der Waals surface area contributed by atoms with Crippen LogP contribution in [0.5, 0.6) is 0 Å². The standard InChI is InChI=1S/C17H32N2/c1-5-16(4)11-19(15(10-18-16)13(2)3)12-17(8-9-17)14-6-7-14/h13-15,18H,5-12H2,1-4H3. The van der Waals surface area contributed by atoms with Gasteiger partial charge in [-0.2, -0.15) is 0 Å². The second-order valence-corrected chi connectivity index (χ2v) is 8.15. The number of hydrogen-bond acceptors (Lipinski definition) is 2. The fraction of sp³-hybridized carbons (Fsp3) is 1.00. The van der Waals surface area contributed by atoms with Crippen LogP contribution < -0.4 is 5.32 Å². The van der Waals surface area contributed by atoms with Crippen molar-refractivity contribution in [2.45, 2.75) is 71.4 Å². The molecule has 0 spiro atoms. The lowest BCUT2D eigenvalue weighted by Gasteiger charge is -2.48. The molecule has 3 rings (SSSR count). The third-order valence-electron chi connectivity index (χ3n) is 6.16. The van der Waals surface area contributed by atoms with Gasteiger partial charge in [-0.15, -0.1) is 0 Å². The normalized spacial score (nSPS) is 38.7. The number of nitrogens with zero attached hydrogens (tertiary/aromatic N) is 1. The predicted octanol–water partition coefficient (Wildman–Crippen LogP) is 3.28. The van der Waals surface area contributed by atoms with E-state index in [0.717, 1.165) is 23.3 Å². The van der Waals surface area contributed by atoms with Crippen LogP contribution in [-0.4, -0.2) is 36.1 Å². The molecule has 2 nitrogen and oxygen atoms in total. The first-order chi connectivity index (χ1) is 8.98. The molecule has 3 aliphatic rings. The van der Waals surface area contributed by atoms with E-state index in [1.165, 1.54) is 51.7 Å². The van der Waals surface area contributed by atoms with E-state index in [2.05, 4.69) is 37.9 Å². The van der Waals surface area contributed by atoms with Crippen LogP contribution in [-0.2, 0) is 0 Å². The largest absolute Gasteiger partial charge is 0.309 e. The van der Waals surface area contributed by atoms with Crippen molar-refractivity contribution in [3.05, 3.63) is 0 Å². The SMILES string of the molecule is CCC1(C)CN(CC2(C3CC3)CC2)C(C(C)C)CN1.